The number of carbonyl (C=O) groups excluding carboxylic acids is 1. The summed E-state index contributed by atoms with van der Waals surface area (Å²) >= 11 is 0. The van der Waals surface area contributed by atoms with E-state index >= 15 is 0 Å². The van der Waals surface area contributed by atoms with Gasteiger partial charge < -0.3 is 24.3 Å². The number of aromatic amines is 1. The van der Waals surface area contributed by atoms with Crippen LogP contribution >= 0.6 is 0 Å². The van der Waals surface area contributed by atoms with Crippen LogP contribution in [0.2, 0.25) is 0 Å². The Labute approximate surface area is 178 Å². The van der Waals surface area contributed by atoms with E-state index in [2.05, 4.69) is 10.3 Å². The zero-order chi connectivity index (χ0) is 21.9. The maximum atomic E-state index is 12.4. The van der Waals surface area contributed by atoms with E-state index in [-0.39, 0.29) is 11.2 Å². The molecule has 0 bridgehead atoms. The van der Waals surface area contributed by atoms with Gasteiger partial charge in [-0.15, -0.1) is 0 Å². The van der Waals surface area contributed by atoms with Gasteiger partial charge in [-0.2, -0.15) is 0 Å². The molecule has 1 aliphatic heterocycles. The van der Waals surface area contributed by atoms with Crippen molar-refractivity contribution in [2.24, 2.45) is 0 Å². The molecule has 0 radical (unpaired) electrons. The maximum absolute atomic E-state index is 12.4. The molecule has 1 amide bonds. The number of alkyl carbamates (subject to hydrolysis) is 1. The van der Waals surface area contributed by atoms with Crippen molar-refractivity contribution in [2.45, 2.75) is 90.1 Å². The Morgan fingerprint density at radius 1 is 1.17 bits per heavy atom. The first-order valence-corrected chi connectivity index (χ1v) is 10.7. The number of rotatable bonds is 3. The smallest absolute Gasteiger partial charge is 0.444 e. The Bertz CT molecular complexity index is 956. The Balaban J connectivity index is 1.59. The average Bonchev–Trinajstić information content (AvgIpc) is 3.07. The minimum absolute atomic E-state index is 0.390. The highest BCUT2D eigenvalue weighted by atomic mass is 16.7. The molecule has 8 heteroatoms. The van der Waals surface area contributed by atoms with Gasteiger partial charge in [-0.25, -0.2) is 9.78 Å². The van der Waals surface area contributed by atoms with E-state index in [0.717, 1.165) is 41.6 Å². The molecule has 2 N–H and O–H groups in total. The summed E-state index contributed by atoms with van der Waals surface area (Å²) in [6, 6.07) is 5.98. The van der Waals surface area contributed by atoms with Gasteiger partial charge in [-0.1, -0.05) is 6.07 Å². The molecule has 0 atom stereocenters. The highest BCUT2D eigenvalue weighted by Crippen LogP contribution is 2.41. The number of nitrogens with one attached hydrogen (secondary N) is 2. The molecule has 1 aliphatic carbocycles. The van der Waals surface area contributed by atoms with Gasteiger partial charge in [0.05, 0.1) is 22.2 Å². The molecule has 162 valence electrons. The first-order chi connectivity index (χ1) is 13.8. The molecule has 7 nitrogen and oxygen atoms in total. The lowest BCUT2D eigenvalue weighted by atomic mass is 9.76. The van der Waals surface area contributed by atoms with Crippen molar-refractivity contribution in [3.05, 3.63) is 24.0 Å². The van der Waals surface area contributed by atoms with Crippen molar-refractivity contribution in [1.82, 2.24) is 15.3 Å². The molecule has 2 fully saturated rings. The summed E-state index contributed by atoms with van der Waals surface area (Å²) in [6.45, 7) is 13.8. The molecule has 1 saturated heterocycles. The standard InChI is InChI=1S/C22H32BN3O4/c1-19(2,3)28-18(27)26-22(11-8-12-22)17-24-15-10-9-14(13-16(15)25-17)23-29-20(4,5)21(6,7)30-23/h9-10,13H,8,11-12H2,1-7H3,(H,24,25)(H,26,27). The van der Waals surface area contributed by atoms with E-state index in [1.165, 1.54) is 0 Å². The molecule has 0 unspecified atom stereocenters. The minimum atomic E-state index is -0.541. The third-order valence-electron chi connectivity index (χ3n) is 6.43. The molecular weight excluding hydrogens is 381 g/mol. The summed E-state index contributed by atoms with van der Waals surface area (Å²) in [5.41, 5.74) is 0.862. The molecule has 2 heterocycles. The minimum Gasteiger partial charge on any atom is -0.444 e. The number of hydrogen-bond donors (Lipinski definition) is 2. The lowest BCUT2D eigenvalue weighted by molar-refractivity contribution is 0.00578. The summed E-state index contributed by atoms with van der Waals surface area (Å²) in [7, 11) is -0.427. The number of imidazole rings is 1. The molecule has 4 rings (SSSR count). The SMILES string of the molecule is CC(C)(C)OC(=O)NC1(c2nc3ccc(B4OC(C)(C)C(C)(C)O4)cc3[nH]2)CCC1. The van der Waals surface area contributed by atoms with Crippen LogP contribution in [0.4, 0.5) is 4.79 Å². The molecule has 1 saturated carbocycles. The van der Waals surface area contributed by atoms with Crippen molar-refractivity contribution >= 4 is 29.7 Å². The summed E-state index contributed by atoms with van der Waals surface area (Å²) in [5.74, 6) is 0.765. The van der Waals surface area contributed by atoms with E-state index in [4.69, 9.17) is 19.0 Å². The topological polar surface area (TPSA) is 85.5 Å². The van der Waals surface area contributed by atoms with Gasteiger partial charge in [0.25, 0.3) is 0 Å². The van der Waals surface area contributed by atoms with Crippen LogP contribution in [0, 0.1) is 0 Å². The zero-order valence-electron chi connectivity index (χ0n) is 19.0. The van der Waals surface area contributed by atoms with Gasteiger partial charge in [-0.05, 0) is 85.3 Å². The number of aromatic nitrogens is 2. The normalized spacial score (nSPS) is 22.0. The number of hydrogen-bond acceptors (Lipinski definition) is 5. The van der Waals surface area contributed by atoms with E-state index in [1.54, 1.807) is 0 Å². The van der Waals surface area contributed by atoms with Gasteiger partial charge >= 0.3 is 13.2 Å². The van der Waals surface area contributed by atoms with Gasteiger partial charge in [0.15, 0.2) is 0 Å². The third-order valence-corrected chi connectivity index (χ3v) is 6.43. The molecule has 1 aromatic carbocycles. The van der Waals surface area contributed by atoms with Crippen molar-refractivity contribution in [3.63, 3.8) is 0 Å². The maximum Gasteiger partial charge on any atom is 0.494 e. The largest absolute Gasteiger partial charge is 0.494 e. The first-order valence-electron chi connectivity index (χ1n) is 10.7. The van der Waals surface area contributed by atoms with Crippen LogP contribution in [0.1, 0.15) is 73.6 Å². The van der Waals surface area contributed by atoms with Crippen LogP contribution in [0.5, 0.6) is 0 Å². The number of carbonyl (C=O) groups is 1. The molecule has 2 aromatic rings. The fourth-order valence-corrected chi connectivity index (χ4v) is 3.83. The first kappa shape index (κ1) is 21.2. The highest BCUT2D eigenvalue weighted by molar-refractivity contribution is 6.62. The monoisotopic (exact) mass is 413 g/mol. The van der Waals surface area contributed by atoms with Crippen LogP contribution in [0.15, 0.2) is 18.2 Å². The second-order valence-electron chi connectivity index (χ2n) is 10.5. The second-order valence-corrected chi connectivity index (χ2v) is 10.5. The summed E-state index contributed by atoms with van der Waals surface area (Å²) in [5, 5.41) is 3.05. The number of fused-ring (bicyclic) bond motifs is 1. The van der Waals surface area contributed by atoms with E-state index < -0.39 is 24.4 Å². The number of benzene rings is 1. The van der Waals surface area contributed by atoms with Gasteiger partial charge in [-0.3, -0.25) is 0 Å². The van der Waals surface area contributed by atoms with E-state index in [0.29, 0.717) is 0 Å². The van der Waals surface area contributed by atoms with Crippen molar-refractivity contribution in [1.29, 1.82) is 0 Å². The van der Waals surface area contributed by atoms with Crippen LogP contribution in [-0.4, -0.2) is 40.0 Å². The number of amides is 1. The Kier molecular flexibility index (Phi) is 4.75. The van der Waals surface area contributed by atoms with Gasteiger partial charge in [0.2, 0.25) is 0 Å². The Morgan fingerprint density at radius 3 is 2.33 bits per heavy atom. The lowest BCUT2D eigenvalue weighted by Crippen LogP contribution is -2.52. The quantitative estimate of drug-likeness (QED) is 0.749. The van der Waals surface area contributed by atoms with Crippen molar-refractivity contribution in [2.75, 3.05) is 0 Å². The predicted molar refractivity (Wildman–Crippen MR) is 117 cm³/mol. The van der Waals surface area contributed by atoms with Gasteiger partial charge in [0.1, 0.15) is 17.0 Å². The zero-order valence-corrected chi connectivity index (χ0v) is 19.0. The summed E-state index contributed by atoms with van der Waals surface area (Å²) in [6.07, 6.45) is 2.28. The van der Waals surface area contributed by atoms with E-state index in [1.807, 2.05) is 66.7 Å². The van der Waals surface area contributed by atoms with Crippen LogP contribution in [0.25, 0.3) is 11.0 Å². The van der Waals surface area contributed by atoms with Crippen molar-refractivity contribution in [3.8, 4) is 0 Å². The number of H-pyrrole nitrogens is 1. The van der Waals surface area contributed by atoms with Crippen molar-refractivity contribution < 1.29 is 18.8 Å². The third kappa shape index (κ3) is 3.71. The highest BCUT2D eigenvalue weighted by Gasteiger charge is 2.52. The fourth-order valence-electron chi connectivity index (χ4n) is 3.83. The molecular formula is C22H32BN3O4. The van der Waals surface area contributed by atoms with Crippen LogP contribution in [0.3, 0.4) is 0 Å². The van der Waals surface area contributed by atoms with E-state index in [9.17, 15) is 4.79 Å². The molecule has 1 aromatic heterocycles. The summed E-state index contributed by atoms with van der Waals surface area (Å²) < 4.78 is 17.8. The predicted octanol–water partition coefficient (Wildman–Crippen LogP) is 3.77. The number of ether oxygens (including phenoxy) is 1. The Hall–Kier alpha value is -2.06. The van der Waals surface area contributed by atoms with Gasteiger partial charge in [0, 0.05) is 0 Å². The Morgan fingerprint density at radius 2 is 1.80 bits per heavy atom. The summed E-state index contributed by atoms with van der Waals surface area (Å²) in [4.78, 5) is 20.6. The lowest BCUT2D eigenvalue weighted by Gasteiger charge is -2.40. The number of nitrogens with zero attached hydrogens (tertiary/aromatic N) is 1. The second kappa shape index (κ2) is 6.72. The average molecular weight is 413 g/mol. The molecule has 30 heavy (non-hydrogen) atoms. The molecule has 0 spiro atoms. The van der Waals surface area contributed by atoms with Crippen LogP contribution in [-0.2, 0) is 19.6 Å². The fraction of sp³-hybridized carbons (Fsp3) is 0.636. The molecule has 2 aliphatic rings. The van der Waals surface area contributed by atoms with Crippen LogP contribution < -0.4 is 10.8 Å².